The van der Waals surface area contributed by atoms with Crippen molar-refractivity contribution in [3.8, 4) is 11.4 Å². The number of aromatic amines is 1. The van der Waals surface area contributed by atoms with E-state index in [0.717, 1.165) is 6.07 Å². The van der Waals surface area contributed by atoms with Crippen LogP contribution in [0.2, 0.25) is 5.02 Å². The lowest BCUT2D eigenvalue weighted by molar-refractivity contribution is -0.137. The second kappa shape index (κ2) is 4.07. The zero-order valence-electron chi connectivity index (χ0n) is 8.77. The van der Waals surface area contributed by atoms with E-state index in [-0.39, 0.29) is 16.4 Å². The lowest BCUT2D eigenvalue weighted by Crippen LogP contribution is -2.07. The van der Waals surface area contributed by atoms with E-state index in [4.69, 9.17) is 11.6 Å². The van der Waals surface area contributed by atoms with Crippen LogP contribution >= 0.6 is 11.6 Å². The Hall–Kier alpha value is -1.49. The van der Waals surface area contributed by atoms with E-state index in [9.17, 15) is 13.2 Å². The molecule has 90 valence electrons. The highest BCUT2D eigenvalue weighted by Gasteiger charge is 2.34. The number of nitrogens with zero attached hydrogens (tertiary/aromatic N) is 1. The Morgan fingerprint density at radius 2 is 2.00 bits per heavy atom. The van der Waals surface area contributed by atoms with Crippen molar-refractivity contribution in [2.45, 2.75) is 13.1 Å². The predicted octanol–water partition coefficient (Wildman–Crippen LogP) is 4.06. The van der Waals surface area contributed by atoms with Gasteiger partial charge in [-0.05, 0) is 25.1 Å². The smallest absolute Gasteiger partial charge is 0.342 e. The van der Waals surface area contributed by atoms with Crippen LogP contribution in [0.3, 0.4) is 0 Å². The molecule has 1 aromatic carbocycles. The molecular formula is C11H8ClF3N2. The highest BCUT2D eigenvalue weighted by Crippen LogP contribution is 2.37. The molecule has 0 unspecified atom stereocenters. The number of rotatable bonds is 1. The first-order valence-electron chi connectivity index (χ1n) is 4.76. The third kappa shape index (κ3) is 2.44. The molecule has 2 nitrogen and oxygen atoms in total. The summed E-state index contributed by atoms with van der Waals surface area (Å²) in [7, 11) is 0. The molecule has 1 heterocycles. The van der Waals surface area contributed by atoms with Gasteiger partial charge in [0.25, 0.3) is 0 Å². The Bertz CT molecular complexity index is 546. The molecule has 0 atom stereocenters. The molecule has 0 aliphatic carbocycles. The second-order valence-corrected chi connectivity index (χ2v) is 4.04. The number of halogens is 4. The summed E-state index contributed by atoms with van der Waals surface area (Å²) in [6.07, 6.45) is -2.98. The first kappa shape index (κ1) is 12.0. The molecule has 0 radical (unpaired) electrons. The molecule has 0 aliphatic heterocycles. The van der Waals surface area contributed by atoms with Crippen LogP contribution in [0.1, 0.15) is 11.3 Å². The summed E-state index contributed by atoms with van der Waals surface area (Å²) in [5.41, 5.74) is -0.0996. The molecule has 0 amide bonds. The van der Waals surface area contributed by atoms with Crippen molar-refractivity contribution in [1.29, 1.82) is 0 Å². The molecule has 2 rings (SSSR count). The SMILES string of the molecule is Cc1cnc(-c2ccc(Cl)cc2C(F)(F)F)[nH]1. The lowest BCUT2D eigenvalue weighted by Gasteiger charge is -2.11. The van der Waals surface area contributed by atoms with E-state index in [0.29, 0.717) is 5.69 Å². The minimum absolute atomic E-state index is 0.00463. The van der Waals surface area contributed by atoms with E-state index in [1.54, 1.807) is 6.92 Å². The number of hydrogen-bond donors (Lipinski definition) is 1. The van der Waals surface area contributed by atoms with Gasteiger partial charge in [0.2, 0.25) is 0 Å². The van der Waals surface area contributed by atoms with Crippen molar-refractivity contribution >= 4 is 11.6 Å². The molecule has 0 aliphatic rings. The molecule has 0 spiro atoms. The van der Waals surface area contributed by atoms with E-state index < -0.39 is 11.7 Å². The van der Waals surface area contributed by atoms with E-state index >= 15 is 0 Å². The predicted molar refractivity (Wildman–Crippen MR) is 58.8 cm³/mol. The van der Waals surface area contributed by atoms with E-state index in [1.165, 1.54) is 18.3 Å². The third-order valence-electron chi connectivity index (χ3n) is 2.25. The number of hydrogen-bond acceptors (Lipinski definition) is 1. The van der Waals surface area contributed by atoms with Gasteiger partial charge in [-0.2, -0.15) is 13.2 Å². The molecule has 1 aromatic heterocycles. The van der Waals surface area contributed by atoms with Crippen molar-refractivity contribution < 1.29 is 13.2 Å². The summed E-state index contributed by atoms with van der Waals surface area (Å²) in [4.78, 5) is 6.66. The van der Waals surface area contributed by atoms with Crippen LogP contribution in [-0.4, -0.2) is 9.97 Å². The zero-order valence-corrected chi connectivity index (χ0v) is 9.52. The highest BCUT2D eigenvalue weighted by atomic mass is 35.5. The molecule has 0 saturated heterocycles. The third-order valence-corrected chi connectivity index (χ3v) is 2.48. The molecule has 0 saturated carbocycles. The maximum Gasteiger partial charge on any atom is 0.417 e. The van der Waals surface area contributed by atoms with Crippen LogP contribution in [0.15, 0.2) is 24.4 Å². The summed E-state index contributed by atoms with van der Waals surface area (Å²) in [5.74, 6) is 0.187. The molecular weight excluding hydrogens is 253 g/mol. The number of aryl methyl sites for hydroxylation is 1. The fourth-order valence-corrected chi connectivity index (χ4v) is 1.68. The number of H-pyrrole nitrogens is 1. The van der Waals surface area contributed by atoms with Gasteiger partial charge in [-0.25, -0.2) is 4.98 Å². The standard InChI is InChI=1S/C11H8ClF3N2/c1-6-5-16-10(17-6)8-3-2-7(12)4-9(8)11(13,14)15/h2-5H,1H3,(H,16,17). The Kier molecular flexibility index (Phi) is 2.87. The molecule has 1 N–H and O–H groups in total. The molecule has 17 heavy (non-hydrogen) atoms. The first-order valence-corrected chi connectivity index (χ1v) is 5.14. The summed E-state index contributed by atoms with van der Waals surface area (Å²) >= 11 is 5.58. The van der Waals surface area contributed by atoms with Crippen molar-refractivity contribution in [2.24, 2.45) is 0 Å². The van der Waals surface area contributed by atoms with Gasteiger partial charge in [-0.15, -0.1) is 0 Å². The van der Waals surface area contributed by atoms with Crippen LogP contribution in [0.4, 0.5) is 13.2 Å². The molecule has 6 heteroatoms. The topological polar surface area (TPSA) is 28.7 Å². The average Bonchev–Trinajstić information content (AvgIpc) is 2.63. The first-order chi connectivity index (χ1) is 7.88. The highest BCUT2D eigenvalue weighted by molar-refractivity contribution is 6.30. The summed E-state index contributed by atoms with van der Waals surface area (Å²) in [5, 5.41) is 0.0457. The average molecular weight is 261 g/mol. The Morgan fingerprint density at radius 1 is 1.29 bits per heavy atom. The van der Waals surface area contributed by atoms with Gasteiger partial charge in [-0.3, -0.25) is 0 Å². The van der Waals surface area contributed by atoms with Gasteiger partial charge < -0.3 is 4.98 Å². The van der Waals surface area contributed by atoms with Gasteiger partial charge in [-0.1, -0.05) is 11.6 Å². The van der Waals surface area contributed by atoms with Crippen molar-refractivity contribution in [3.63, 3.8) is 0 Å². The van der Waals surface area contributed by atoms with Crippen molar-refractivity contribution in [3.05, 3.63) is 40.7 Å². The molecule has 2 aromatic rings. The maximum atomic E-state index is 12.8. The number of imidazole rings is 1. The van der Waals surface area contributed by atoms with Gasteiger partial charge in [0.15, 0.2) is 0 Å². The fraction of sp³-hybridized carbons (Fsp3) is 0.182. The quantitative estimate of drug-likeness (QED) is 0.823. The lowest BCUT2D eigenvalue weighted by atomic mass is 10.1. The number of alkyl halides is 3. The van der Waals surface area contributed by atoms with Crippen molar-refractivity contribution in [1.82, 2.24) is 9.97 Å². The van der Waals surface area contributed by atoms with Crippen LogP contribution in [0.25, 0.3) is 11.4 Å². The summed E-state index contributed by atoms with van der Waals surface area (Å²) < 4.78 is 38.5. The maximum absolute atomic E-state index is 12.8. The summed E-state index contributed by atoms with van der Waals surface area (Å²) in [6, 6.07) is 3.61. The number of aromatic nitrogens is 2. The minimum Gasteiger partial charge on any atom is -0.342 e. The van der Waals surface area contributed by atoms with Crippen LogP contribution in [-0.2, 0) is 6.18 Å². The fourth-order valence-electron chi connectivity index (χ4n) is 1.51. The Morgan fingerprint density at radius 3 is 2.53 bits per heavy atom. The van der Waals surface area contributed by atoms with E-state index in [2.05, 4.69) is 9.97 Å². The monoisotopic (exact) mass is 260 g/mol. The zero-order chi connectivity index (χ0) is 12.6. The summed E-state index contributed by atoms with van der Waals surface area (Å²) in [6.45, 7) is 1.72. The van der Waals surface area contributed by atoms with Crippen LogP contribution in [0.5, 0.6) is 0 Å². The van der Waals surface area contributed by atoms with Crippen LogP contribution < -0.4 is 0 Å². The Labute approximate surface area is 100 Å². The Balaban J connectivity index is 2.61. The normalized spacial score (nSPS) is 11.8. The van der Waals surface area contributed by atoms with Gasteiger partial charge in [0.05, 0.1) is 5.56 Å². The minimum atomic E-state index is -4.46. The van der Waals surface area contributed by atoms with Gasteiger partial charge >= 0.3 is 6.18 Å². The van der Waals surface area contributed by atoms with Gasteiger partial charge in [0, 0.05) is 22.5 Å². The van der Waals surface area contributed by atoms with Gasteiger partial charge in [0.1, 0.15) is 5.82 Å². The van der Waals surface area contributed by atoms with E-state index in [1.807, 2.05) is 0 Å². The second-order valence-electron chi connectivity index (χ2n) is 3.60. The van der Waals surface area contributed by atoms with Crippen LogP contribution in [0, 0.1) is 6.92 Å². The largest absolute Gasteiger partial charge is 0.417 e. The molecule has 0 fully saturated rings. The van der Waals surface area contributed by atoms with Crippen molar-refractivity contribution in [2.75, 3.05) is 0 Å². The number of nitrogens with one attached hydrogen (secondary N) is 1. The molecule has 0 bridgehead atoms. The number of benzene rings is 1.